The summed E-state index contributed by atoms with van der Waals surface area (Å²) in [4.78, 5) is 23.1. The van der Waals surface area contributed by atoms with Gasteiger partial charge in [-0.25, -0.2) is 4.79 Å². The Labute approximate surface area is 112 Å². The third kappa shape index (κ3) is 4.62. The highest BCUT2D eigenvalue weighted by Crippen LogP contribution is 2.19. The van der Waals surface area contributed by atoms with Crippen LogP contribution in [0.1, 0.15) is 36.2 Å². The van der Waals surface area contributed by atoms with Gasteiger partial charge in [-0.15, -0.1) is 0 Å². The van der Waals surface area contributed by atoms with Crippen LogP contribution < -0.4 is 5.32 Å². The molecule has 5 heteroatoms. The van der Waals surface area contributed by atoms with Crippen LogP contribution in [0, 0.1) is 6.92 Å². The second kappa shape index (κ2) is 6.78. The number of hydrogen-bond donors (Lipinski definition) is 2. The SMILES string of the molecule is CC[C@H](C)NC(=O)COC(=O)c1ccc(C)cc1O. The summed E-state index contributed by atoms with van der Waals surface area (Å²) in [6.45, 7) is 5.26. The van der Waals surface area contributed by atoms with Crippen LogP contribution in [0.2, 0.25) is 0 Å². The van der Waals surface area contributed by atoms with E-state index in [1.54, 1.807) is 13.0 Å². The van der Waals surface area contributed by atoms with E-state index in [0.717, 1.165) is 12.0 Å². The topological polar surface area (TPSA) is 75.6 Å². The van der Waals surface area contributed by atoms with Crippen LogP contribution in [0.5, 0.6) is 5.75 Å². The lowest BCUT2D eigenvalue weighted by Gasteiger charge is -2.11. The van der Waals surface area contributed by atoms with Crippen molar-refractivity contribution in [2.45, 2.75) is 33.2 Å². The number of benzene rings is 1. The number of aromatic hydroxyl groups is 1. The Morgan fingerprint density at radius 2 is 2.11 bits per heavy atom. The number of phenols is 1. The van der Waals surface area contributed by atoms with Crippen molar-refractivity contribution in [2.24, 2.45) is 0 Å². The monoisotopic (exact) mass is 265 g/mol. The summed E-state index contributed by atoms with van der Waals surface area (Å²) >= 11 is 0. The van der Waals surface area contributed by atoms with E-state index in [-0.39, 0.29) is 29.9 Å². The van der Waals surface area contributed by atoms with Gasteiger partial charge in [0.15, 0.2) is 6.61 Å². The second-order valence-corrected chi connectivity index (χ2v) is 4.47. The van der Waals surface area contributed by atoms with Gasteiger partial charge in [-0.3, -0.25) is 4.79 Å². The number of esters is 1. The van der Waals surface area contributed by atoms with Crippen LogP contribution in [0.3, 0.4) is 0 Å². The van der Waals surface area contributed by atoms with Crippen LogP contribution >= 0.6 is 0 Å². The summed E-state index contributed by atoms with van der Waals surface area (Å²) < 4.78 is 4.84. The van der Waals surface area contributed by atoms with Crippen LogP contribution in [0.4, 0.5) is 0 Å². The minimum absolute atomic E-state index is 0.0407. The number of phenolic OH excluding ortho intramolecular Hbond substituents is 1. The molecule has 104 valence electrons. The van der Waals surface area contributed by atoms with Gasteiger partial charge in [0.25, 0.3) is 5.91 Å². The molecular formula is C14H19NO4. The Bertz CT molecular complexity index is 471. The first-order valence-electron chi connectivity index (χ1n) is 6.20. The molecule has 0 spiro atoms. The van der Waals surface area contributed by atoms with Gasteiger partial charge in [-0.05, 0) is 38.0 Å². The first kappa shape index (κ1) is 15.0. The third-order valence-electron chi connectivity index (χ3n) is 2.73. The van der Waals surface area contributed by atoms with Gasteiger partial charge in [0, 0.05) is 6.04 Å². The normalized spacial score (nSPS) is 11.7. The van der Waals surface area contributed by atoms with E-state index in [4.69, 9.17) is 4.74 Å². The van der Waals surface area contributed by atoms with E-state index in [2.05, 4.69) is 5.32 Å². The zero-order valence-electron chi connectivity index (χ0n) is 11.4. The fraction of sp³-hybridized carbons (Fsp3) is 0.429. The second-order valence-electron chi connectivity index (χ2n) is 4.47. The number of rotatable bonds is 5. The molecular weight excluding hydrogens is 246 g/mol. The summed E-state index contributed by atoms with van der Waals surface area (Å²) in [7, 11) is 0. The largest absolute Gasteiger partial charge is 0.507 e. The Morgan fingerprint density at radius 3 is 2.68 bits per heavy atom. The van der Waals surface area contributed by atoms with Gasteiger partial charge in [0.2, 0.25) is 0 Å². The van der Waals surface area contributed by atoms with Crippen LogP contribution in [-0.2, 0) is 9.53 Å². The number of hydrogen-bond acceptors (Lipinski definition) is 4. The molecule has 2 N–H and O–H groups in total. The van der Waals surface area contributed by atoms with Crippen molar-refractivity contribution >= 4 is 11.9 Å². The Morgan fingerprint density at radius 1 is 1.42 bits per heavy atom. The van der Waals surface area contributed by atoms with Crippen molar-refractivity contribution in [3.63, 3.8) is 0 Å². The quantitative estimate of drug-likeness (QED) is 0.796. The number of carbonyl (C=O) groups is 2. The van der Waals surface area contributed by atoms with E-state index in [9.17, 15) is 14.7 Å². The molecule has 0 aliphatic rings. The molecule has 1 aromatic rings. The van der Waals surface area contributed by atoms with E-state index in [1.165, 1.54) is 12.1 Å². The molecule has 0 aromatic heterocycles. The fourth-order valence-corrected chi connectivity index (χ4v) is 1.44. The van der Waals surface area contributed by atoms with E-state index in [0.29, 0.717) is 0 Å². The number of aryl methyl sites for hydroxylation is 1. The molecule has 19 heavy (non-hydrogen) atoms. The average Bonchev–Trinajstić information content (AvgIpc) is 2.35. The lowest BCUT2D eigenvalue weighted by atomic mass is 10.1. The van der Waals surface area contributed by atoms with Gasteiger partial charge in [-0.1, -0.05) is 13.0 Å². The molecule has 5 nitrogen and oxygen atoms in total. The summed E-state index contributed by atoms with van der Waals surface area (Å²) in [5.41, 5.74) is 0.894. The lowest BCUT2D eigenvalue weighted by molar-refractivity contribution is -0.124. The molecule has 0 saturated carbocycles. The van der Waals surface area contributed by atoms with E-state index in [1.807, 2.05) is 13.8 Å². The van der Waals surface area contributed by atoms with Gasteiger partial charge < -0.3 is 15.2 Å². The van der Waals surface area contributed by atoms with Gasteiger partial charge in [-0.2, -0.15) is 0 Å². The average molecular weight is 265 g/mol. The fourth-order valence-electron chi connectivity index (χ4n) is 1.44. The highest BCUT2D eigenvalue weighted by atomic mass is 16.5. The first-order chi connectivity index (χ1) is 8.93. The van der Waals surface area contributed by atoms with Crippen molar-refractivity contribution in [1.82, 2.24) is 5.32 Å². The number of carbonyl (C=O) groups excluding carboxylic acids is 2. The van der Waals surface area contributed by atoms with Gasteiger partial charge in [0.05, 0.1) is 0 Å². The molecule has 0 saturated heterocycles. The van der Waals surface area contributed by atoms with E-state index >= 15 is 0 Å². The Hall–Kier alpha value is -2.04. The van der Waals surface area contributed by atoms with Crippen molar-refractivity contribution in [3.8, 4) is 5.75 Å². The maximum Gasteiger partial charge on any atom is 0.342 e. The molecule has 1 amide bonds. The van der Waals surface area contributed by atoms with Gasteiger partial charge >= 0.3 is 5.97 Å². The summed E-state index contributed by atoms with van der Waals surface area (Å²) in [6, 6.07) is 4.67. The molecule has 1 atom stereocenters. The van der Waals surface area contributed by atoms with Crippen LogP contribution in [0.15, 0.2) is 18.2 Å². The Kier molecular flexibility index (Phi) is 5.36. The first-order valence-corrected chi connectivity index (χ1v) is 6.20. The molecule has 0 aliphatic carbocycles. The van der Waals surface area contributed by atoms with Crippen LogP contribution in [0.25, 0.3) is 0 Å². The standard InChI is InChI=1S/C14H19NO4/c1-4-10(3)15-13(17)8-19-14(18)11-6-5-9(2)7-12(11)16/h5-7,10,16H,4,8H2,1-3H3,(H,15,17)/t10-/m0/s1. The maximum absolute atomic E-state index is 11.7. The van der Waals surface area contributed by atoms with E-state index < -0.39 is 5.97 Å². The smallest absolute Gasteiger partial charge is 0.342 e. The molecule has 0 aliphatic heterocycles. The number of nitrogens with one attached hydrogen (secondary N) is 1. The predicted octanol–water partition coefficient (Wildman–Crippen LogP) is 1.77. The van der Waals surface area contributed by atoms with Crippen molar-refractivity contribution in [1.29, 1.82) is 0 Å². The van der Waals surface area contributed by atoms with Crippen molar-refractivity contribution in [2.75, 3.05) is 6.61 Å². The summed E-state index contributed by atoms with van der Waals surface area (Å²) in [5, 5.41) is 12.3. The number of amides is 1. The minimum atomic E-state index is -0.711. The van der Waals surface area contributed by atoms with Crippen molar-refractivity contribution < 1.29 is 19.4 Å². The lowest BCUT2D eigenvalue weighted by Crippen LogP contribution is -2.35. The molecule has 0 radical (unpaired) electrons. The summed E-state index contributed by atoms with van der Waals surface area (Å²) in [6.07, 6.45) is 0.804. The summed E-state index contributed by atoms with van der Waals surface area (Å²) in [5.74, 6) is -1.21. The minimum Gasteiger partial charge on any atom is -0.507 e. The predicted molar refractivity (Wildman–Crippen MR) is 71.0 cm³/mol. The van der Waals surface area contributed by atoms with Gasteiger partial charge in [0.1, 0.15) is 11.3 Å². The molecule has 1 rings (SSSR count). The molecule has 0 bridgehead atoms. The Balaban J connectivity index is 2.54. The third-order valence-corrected chi connectivity index (χ3v) is 2.73. The highest BCUT2D eigenvalue weighted by molar-refractivity contribution is 5.93. The van der Waals surface area contributed by atoms with Crippen molar-refractivity contribution in [3.05, 3.63) is 29.3 Å². The maximum atomic E-state index is 11.7. The van der Waals surface area contributed by atoms with Crippen LogP contribution in [-0.4, -0.2) is 29.6 Å². The zero-order valence-corrected chi connectivity index (χ0v) is 11.4. The number of ether oxygens (including phenoxy) is 1. The molecule has 1 aromatic carbocycles. The zero-order chi connectivity index (χ0) is 14.4. The highest BCUT2D eigenvalue weighted by Gasteiger charge is 2.14. The molecule has 0 fully saturated rings. The molecule has 0 heterocycles. The molecule has 0 unspecified atom stereocenters.